The zero-order chi connectivity index (χ0) is 17.8. The Morgan fingerprint density at radius 2 is 1.76 bits per heavy atom. The Labute approximate surface area is 141 Å². The first-order chi connectivity index (χ1) is 11.8. The number of hydrogen-bond donors (Lipinski definition) is 0. The van der Waals surface area contributed by atoms with Gasteiger partial charge in [0.15, 0.2) is 0 Å². The minimum atomic E-state index is -4.73. The minimum Gasteiger partial charge on any atom is -0.457 e. The van der Waals surface area contributed by atoms with E-state index in [4.69, 9.17) is 9.47 Å². The van der Waals surface area contributed by atoms with Gasteiger partial charge in [0.25, 0.3) is 11.8 Å². The highest BCUT2D eigenvalue weighted by Crippen LogP contribution is 2.44. The van der Waals surface area contributed by atoms with Crippen LogP contribution in [0, 0.1) is 0 Å². The number of allylic oxidation sites excluding steroid dienone is 1. The van der Waals surface area contributed by atoms with Crippen molar-refractivity contribution in [1.29, 1.82) is 0 Å². The smallest absolute Gasteiger partial charge is 0.448 e. The van der Waals surface area contributed by atoms with E-state index < -0.39 is 35.6 Å². The molecular weight excluding hydrogens is 339 g/mol. The van der Waals surface area contributed by atoms with Gasteiger partial charge in [0.1, 0.15) is 0 Å². The molecule has 2 atom stereocenters. The molecule has 1 fully saturated rings. The first kappa shape index (κ1) is 16.1. The van der Waals surface area contributed by atoms with Gasteiger partial charge in [-0.25, -0.2) is 0 Å². The number of ether oxygens (including phenoxy) is 2. The van der Waals surface area contributed by atoms with E-state index in [1.807, 2.05) is 0 Å². The summed E-state index contributed by atoms with van der Waals surface area (Å²) in [5.74, 6) is -3.86. The predicted octanol–water partition coefficient (Wildman–Crippen LogP) is 3.02. The Hall–Kier alpha value is -2.35. The van der Waals surface area contributed by atoms with E-state index in [1.54, 1.807) is 12.1 Å². The normalized spacial score (nSPS) is 29.0. The summed E-state index contributed by atoms with van der Waals surface area (Å²) in [6.45, 7) is 0.278. The molecule has 132 valence electrons. The molecule has 0 radical (unpaired) electrons. The molecule has 4 rings (SSSR count). The van der Waals surface area contributed by atoms with Crippen molar-refractivity contribution in [1.82, 2.24) is 4.90 Å². The number of imide groups is 1. The Kier molecular flexibility index (Phi) is 3.44. The topological polar surface area (TPSA) is 55.8 Å². The van der Waals surface area contributed by atoms with Gasteiger partial charge in [0.2, 0.25) is 11.5 Å². The van der Waals surface area contributed by atoms with Crippen molar-refractivity contribution in [2.45, 2.75) is 37.3 Å². The Morgan fingerprint density at radius 3 is 2.28 bits per heavy atom. The molecule has 25 heavy (non-hydrogen) atoms. The molecule has 1 saturated heterocycles. The van der Waals surface area contributed by atoms with E-state index in [9.17, 15) is 22.8 Å². The maximum absolute atomic E-state index is 13.3. The average molecular weight is 353 g/mol. The van der Waals surface area contributed by atoms with E-state index >= 15 is 0 Å². The quantitative estimate of drug-likeness (QED) is 0.729. The monoisotopic (exact) mass is 353 g/mol. The van der Waals surface area contributed by atoms with Crippen molar-refractivity contribution in [2.24, 2.45) is 0 Å². The van der Waals surface area contributed by atoms with Crippen LogP contribution in [0.3, 0.4) is 0 Å². The number of amides is 2. The van der Waals surface area contributed by atoms with E-state index in [-0.39, 0.29) is 30.6 Å². The fourth-order valence-electron chi connectivity index (χ4n) is 3.57. The first-order valence-corrected chi connectivity index (χ1v) is 7.90. The van der Waals surface area contributed by atoms with Crippen molar-refractivity contribution in [3.05, 3.63) is 47.2 Å². The second-order valence-corrected chi connectivity index (χ2v) is 6.29. The molecule has 8 heteroatoms. The van der Waals surface area contributed by atoms with Crippen LogP contribution in [0.4, 0.5) is 13.2 Å². The van der Waals surface area contributed by atoms with Crippen LogP contribution in [-0.2, 0) is 9.47 Å². The van der Waals surface area contributed by atoms with Gasteiger partial charge in [-0.3, -0.25) is 14.5 Å². The largest absolute Gasteiger partial charge is 0.457 e. The molecule has 2 amide bonds. The summed E-state index contributed by atoms with van der Waals surface area (Å²) in [6.07, 6.45) is -3.11. The van der Waals surface area contributed by atoms with Crippen LogP contribution in [0.1, 0.15) is 40.0 Å². The summed E-state index contributed by atoms with van der Waals surface area (Å²) in [5, 5.41) is 0. The van der Waals surface area contributed by atoms with Crippen LogP contribution >= 0.6 is 0 Å². The molecule has 5 nitrogen and oxygen atoms in total. The maximum Gasteiger partial charge on any atom is 0.448 e. The number of rotatable bonds is 1. The third kappa shape index (κ3) is 2.52. The van der Waals surface area contributed by atoms with Crippen LogP contribution in [0.15, 0.2) is 36.1 Å². The SMILES string of the molecule is O=C1c2ccccc2C(=O)N1[C@H]1C=C(C(F)(F)F)O[C@]2(CCCO2)C1. The molecule has 0 aromatic heterocycles. The summed E-state index contributed by atoms with van der Waals surface area (Å²) in [6, 6.07) is 5.12. The lowest BCUT2D eigenvalue weighted by Gasteiger charge is -2.39. The minimum absolute atomic E-state index is 0.0158. The van der Waals surface area contributed by atoms with Gasteiger partial charge in [-0.2, -0.15) is 13.2 Å². The van der Waals surface area contributed by atoms with Gasteiger partial charge < -0.3 is 9.47 Å². The number of nitrogens with zero attached hydrogens (tertiary/aromatic N) is 1. The van der Waals surface area contributed by atoms with Gasteiger partial charge >= 0.3 is 6.18 Å². The fourth-order valence-corrected chi connectivity index (χ4v) is 3.57. The predicted molar refractivity (Wildman–Crippen MR) is 78.5 cm³/mol. The highest BCUT2D eigenvalue weighted by atomic mass is 19.4. The van der Waals surface area contributed by atoms with Crippen molar-refractivity contribution < 1.29 is 32.2 Å². The number of fused-ring (bicyclic) bond motifs is 1. The van der Waals surface area contributed by atoms with Crippen molar-refractivity contribution in [3.63, 3.8) is 0 Å². The third-order valence-electron chi connectivity index (χ3n) is 4.66. The summed E-state index contributed by atoms with van der Waals surface area (Å²) in [7, 11) is 0. The number of hydrogen-bond acceptors (Lipinski definition) is 4. The van der Waals surface area contributed by atoms with Crippen LogP contribution in [-0.4, -0.2) is 41.3 Å². The third-order valence-corrected chi connectivity index (χ3v) is 4.66. The lowest BCUT2D eigenvalue weighted by molar-refractivity contribution is -0.243. The van der Waals surface area contributed by atoms with E-state index in [2.05, 4.69) is 0 Å². The summed E-state index contributed by atoms with van der Waals surface area (Å²) < 4.78 is 50.3. The Balaban J connectivity index is 1.74. The van der Waals surface area contributed by atoms with Crippen LogP contribution in [0.2, 0.25) is 0 Å². The van der Waals surface area contributed by atoms with Crippen molar-refractivity contribution in [3.8, 4) is 0 Å². The van der Waals surface area contributed by atoms with Crippen molar-refractivity contribution in [2.75, 3.05) is 6.61 Å². The molecule has 3 heterocycles. The molecule has 0 bridgehead atoms. The molecule has 0 saturated carbocycles. The van der Waals surface area contributed by atoms with Gasteiger partial charge in [0, 0.05) is 12.8 Å². The number of carbonyl (C=O) groups excluding carboxylic acids is 2. The molecule has 1 aromatic rings. The van der Waals surface area contributed by atoms with Crippen LogP contribution in [0.5, 0.6) is 0 Å². The Morgan fingerprint density at radius 1 is 1.12 bits per heavy atom. The molecule has 0 aliphatic carbocycles. The highest BCUT2D eigenvalue weighted by molar-refractivity contribution is 6.21. The van der Waals surface area contributed by atoms with E-state index in [1.165, 1.54) is 12.1 Å². The molecular formula is C17H14F3NO4. The lowest BCUT2D eigenvalue weighted by Crippen LogP contribution is -2.49. The molecule has 1 aromatic carbocycles. The van der Waals surface area contributed by atoms with Gasteiger partial charge in [0.05, 0.1) is 23.8 Å². The second-order valence-electron chi connectivity index (χ2n) is 6.29. The lowest BCUT2D eigenvalue weighted by atomic mass is 9.98. The van der Waals surface area contributed by atoms with Crippen LogP contribution < -0.4 is 0 Å². The van der Waals surface area contributed by atoms with Gasteiger partial charge in [-0.15, -0.1) is 0 Å². The fraction of sp³-hybridized carbons (Fsp3) is 0.412. The molecule has 0 N–H and O–H groups in total. The highest BCUT2D eigenvalue weighted by Gasteiger charge is 2.53. The first-order valence-electron chi connectivity index (χ1n) is 7.90. The van der Waals surface area contributed by atoms with Gasteiger partial charge in [-0.1, -0.05) is 12.1 Å². The maximum atomic E-state index is 13.3. The summed E-state index contributed by atoms with van der Waals surface area (Å²) in [4.78, 5) is 26.0. The van der Waals surface area contributed by atoms with Gasteiger partial charge in [-0.05, 0) is 24.6 Å². The second kappa shape index (κ2) is 5.32. The number of alkyl halides is 3. The number of benzene rings is 1. The average Bonchev–Trinajstić information content (AvgIpc) is 3.10. The number of carbonyl (C=O) groups is 2. The summed E-state index contributed by atoms with van der Waals surface area (Å²) >= 11 is 0. The van der Waals surface area contributed by atoms with E-state index in [0.29, 0.717) is 6.42 Å². The molecule has 1 spiro atoms. The van der Waals surface area contributed by atoms with Crippen molar-refractivity contribution >= 4 is 11.8 Å². The van der Waals surface area contributed by atoms with E-state index in [0.717, 1.165) is 11.0 Å². The molecule has 3 aliphatic heterocycles. The Bertz CT molecular complexity index is 745. The molecule has 0 unspecified atom stereocenters. The number of halogens is 3. The zero-order valence-corrected chi connectivity index (χ0v) is 13.0. The molecule has 3 aliphatic rings. The zero-order valence-electron chi connectivity index (χ0n) is 13.0. The standard InChI is InChI=1S/C17H14F3NO4/c18-17(19,20)13-8-10(9-16(25-13)6-3-7-24-16)21-14(22)11-4-1-2-5-12(11)15(21)23/h1-2,4-5,8,10H,3,6-7,9H2/t10-,16+/m0/s1. The van der Waals surface area contributed by atoms with Crippen LogP contribution in [0.25, 0.3) is 0 Å². The summed E-state index contributed by atoms with van der Waals surface area (Å²) in [5.41, 5.74) is 0.393.